The summed E-state index contributed by atoms with van der Waals surface area (Å²) < 4.78 is 41.5. The van der Waals surface area contributed by atoms with Gasteiger partial charge < -0.3 is 33.8 Å². The van der Waals surface area contributed by atoms with Gasteiger partial charge in [-0.2, -0.15) is 0 Å². The van der Waals surface area contributed by atoms with Crippen LogP contribution in [0.15, 0.2) is 30.5 Å². The van der Waals surface area contributed by atoms with E-state index in [-0.39, 0.29) is 42.6 Å². The first kappa shape index (κ1) is 31.0. The summed E-state index contributed by atoms with van der Waals surface area (Å²) in [5.41, 5.74) is -0.583. The van der Waals surface area contributed by atoms with E-state index in [1.54, 1.807) is 26.2 Å². The zero-order chi connectivity index (χ0) is 28.3. The fourth-order valence-corrected chi connectivity index (χ4v) is 4.21. The van der Waals surface area contributed by atoms with Crippen molar-refractivity contribution >= 4 is 12.2 Å². The zero-order valence-corrected chi connectivity index (χ0v) is 23.2. The summed E-state index contributed by atoms with van der Waals surface area (Å²) in [6.45, 7) is 8.15. The van der Waals surface area contributed by atoms with Crippen LogP contribution in [0.5, 0.6) is 17.2 Å². The zero-order valence-electron chi connectivity index (χ0n) is 23.2. The number of carbonyl (C=O) groups excluding carboxylic acids is 2. The predicted molar refractivity (Wildman–Crippen MR) is 141 cm³/mol. The predicted octanol–water partition coefficient (Wildman–Crippen LogP) is 4.19. The van der Waals surface area contributed by atoms with Gasteiger partial charge in [-0.15, -0.1) is 0 Å². The number of hydrogen-bond donors (Lipinski definition) is 1. The number of methoxy groups -OCH3 is 3. The summed E-state index contributed by atoms with van der Waals surface area (Å²) in [7, 11) is 4.54. The Hall–Kier alpha value is -3.24. The maximum atomic E-state index is 13.8. The van der Waals surface area contributed by atoms with E-state index in [9.17, 15) is 14.0 Å². The van der Waals surface area contributed by atoms with Crippen molar-refractivity contribution in [1.29, 1.82) is 0 Å². The molecule has 0 spiro atoms. The molecule has 0 aliphatic heterocycles. The third-order valence-corrected chi connectivity index (χ3v) is 6.13. The number of rotatable bonds is 16. The standard InChI is InChI=1S/C28H39FN2O7/c1-18(2)24(21-10-9-20(29)15-23(21)36-7)19(3)38-17-28(4,16-32)31-27(33)25-26(37-14-8-13-34-5)22(35-6)11-12-30-25/h9-12,15-16,18-19,24H,8,13-14,17H2,1-7H3,(H,31,33)/t19-,24+,28+/m0/s1. The van der Waals surface area contributed by atoms with Gasteiger partial charge in [-0.05, 0) is 25.8 Å². The van der Waals surface area contributed by atoms with Gasteiger partial charge in [-0.3, -0.25) is 4.79 Å². The van der Waals surface area contributed by atoms with Gasteiger partial charge in [0.05, 0.1) is 33.5 Å². The number of halogens is 1. The molecular formula is C28H39FN2O7. The minimum atomic E-state index is -1.36. The van der Waals surface area contributed by atoms with Crippen molar-refractivity contribution in [1.82, 2.24) is 10.3 Å². The normalized spacial score (nSPS) is 14.3. The second-order valence-electron chi connectivity index (χ2n) is 9.55. The highest BCUT2D eigenvalue weighted by molar-refractivity contribution is 5.97. The molecule has 0 saturated heterocycles. The number of aromatic nitrogens is 1. The van der Waals surface area contributed by atoms with Crippen LogP contribution in [0, 0.1) is 11.7 Å². The average Bonchev–Trinajstić information content (AvgIpc) is 2.90. The number of nitrogens with zero attached hydrogens (tertiary/aromatic N) is 1. The lowest BCUT2D eigenvalue weighted by Gasteiger charge is -2.32. The molecule has 2 aromatic rings. The van der Waals surface area contributed by atoms with Gasteiger partial charge in [0.2, 0.25) is 0 Å². The van der Waals surface area contributed by atoms with Crippen LogP contribution in [0.1, 0.15) is 56.1 Å². The summed E-state index contributed by atoms with van der Waals surface area (Å²) in [5, 5.41) is 2.72. The Morgan fingerprint density at radius 3 is 2.42 bits per heavy atom. The molecule has 0 unspecified atom stereocenters. The summed E-state index contributed by atoms with van der Waals surface area (Å²) in [6.07, 6.45) is 2.26. The van der Waals surface area contributed by atoms with E-state index in [0.29, 0.717) is 30.8 Å². The number of aldehydes is 1. The summed E-state index contributed by atoms with van der Waals surface area (Å²) in [4.78, 5) is 29.5. The van der Waals surface area contributed by atoms with E-state index in [1.165, 1.54) is 32.5 Å². The van der Waals surface area contributed by atoms with Crippen molar-refractivity contribution < 1.29 is 37.7 Å². The molecule has 1 aromatic heterocycles. The van der Waals surface area contributed by atoms with Gasteiger partial charge in [0, 0.05) is 49.9 Å². The van der Waals surface area contributed by atoms with Gasteiger partial charge in [-0.25, -0.2) is 9.37 Å². The third-order valence-electron chi connectivity index (χ3n) is 6.13. The number of carbonyl (C=O) groups is 2. The minimum absolute atomic E-state index is 0.0148. The fourth-order valence-electron chi connectivity index (χ4n) is 4.21. The monoisotopic (exact) mass is 534 g/mol. The number of ether oxygens (including phenoxy) is 5. The highest BCUT2D eigenvalue weighted by Crippen LogP contribution is 2.36. The molecule has 0 bridgehead atoms. The quantitative estimate of drug-likeness (QED) is 0.253. The molecule has 38 heavy (non-hydrogen) atoms. The van der Waals surface area contributed by atoms with Crippen LogP contribution in [-0.4, -0.2) is 70.0 Å². The topological polar surface area (TPSA) is 105 Å². The Morgan fingerprint density at radius 1 is 1.11 bits per heavy atom. The summed E-state index contributed by atoms with van der Waals surface area (Å²) in [6, 6.07) is 5.99. The van der Waals surface area contributed by atoms with Crippen LogP contribution in [0.25, 0.3) is 0 Å². The van der Waals surface area contributed by atoms with Crippen molar-refractivity contribution in [2.75, 3.05) is 41.2 Å². The second kappa shape index (κ2) is 14.6. The van der Waals surface area contributed by atoms with Crippen molar-refractivity contribution in [2.45, 2.75) is 51.7 Å². The smallest absolute Gasteiger partial charge is 0.274 e. The fraction of sp³-hybridized carbons (Fsp3) is 0.536. The van der Waals surface area contributed by atoms with Crippen molar-refractivity contribution in [2.24, 2.45) is 5.92 Å². The van der Waals surface area contributed by atoms with E-state index < -0.39 is 17.3 Å². The van der Waals surface area contributed by atoms with Crippen LogP contribution in [0.4, 0.5) is 4.39 Å². The van der Waals surface area contributed by atoms with Crippen LogP contribution >= 0.6 is 0 Å². The van der Waals surface area contributed by atoms with E-state index >= 15 is 0 Å². The Kier molecular flexibility index (Phi) is 11.9. The number of benzene rings is 1. The Bertz CT molecular complexity index is 1070. The van der Waals surface area contributed by atoms with Crippen LogP contribution in [0.2, 0.25) is 0 Å². The van der Waals surface area contributed by atoms with Gasteiger partial charge in [0.1, 0.15) is 23.4 Å². The average molecular weight is 535 g/mol. The highest BCUT2D eigenvalue weighted by Gasteiger charge is 2.33. The molecule has 0 saturated carbocycles. The second-order valence-corrected chi connectivity index (χ2v) is 9.55. The van der Waals surface area contributed by atoms with E-state index in [1.807, 2.05) is 20.8 Å². The molecular weight excluding hydrogens is 495 g/mol. The van der Waals surface area contributed by atoms with Gasteiger partial charge >= 0.3 is 0 Å². The molecule has 1 amide bonds. The van der Waals surface area contributed by atoms with E-state index in [2.05, 4.69) is 10.3 Å². The van der Waals surface area contributed by atoms with Crippen LogP contribution in [-0.2, 0) is 14.3 Å². The lowest BCUT2D eigenvalue weighted by molar-refractivity contribution is -0.116. The molecule has 1 N–H and O–H groups in total. The Labute approximate surface area is 224 Å². The van der Waals surface area contributed by atoms with Crippen molar-refractivity contribution in [3.05, 3.63) is 47.5 Å². The molecule has 1 heterocycles. The van der Waals surface area contributed by atoms with Crippen LogP contribution < -0.4 is 19.5 Å². The SMILES string of the molecule is COCCCOc1c(OC)ccnc1C(=O)N[C@](C)(C=O)CO[C@@H](C)[C@H](c1ccc(F)cc1OC)C(C)C. The molecule has 0 aliphatic carbocycles. The number of nitrogens with one attached hydrogen (secondary N) is 1. The first-order valence-corrected chi connectivity index (χ1v) is 12.5. The number of hydrogen-bond acceptors (Lipinski definition) is 8. The summed E-state index contributed by atoms with van der Waals surface area (Å²) in [5.74, 6) is -0.122. The minimum Gasteiger partial charge on any atom is -0.496 e. The van der Waals surface area contributed by atoms with Gasteiger partial charge in [0.15, 0.2) is 17.2 Å². The first-order valence-electron chi connectivity index (χ1n) is 12.5. The van der Waals surface area contributed by atoms with E-state index in [0.717, 1.165) is 5.56 Å². The molecule has 10 heteroatoms. The summed E-state index contributed by atoms with van der Waals surface area (Å²) >= 11 is 0. The molecule has 9 nitrogen and oxygen atoms in total. The molecule has 0 radical (unpaired) electrons. The molecule has 2 rings (SSSR count). The Morgan fingerprint density at radius 2 is 1.82 bits per heavy atom. The molecule has 0 fully saturated rings. The largest absolute Gasteiger partial charge is 0.496 e. The molecule has 1 aromatic carbocycles. The number of pyridine rings is 1. The number of amides is 1. The first-order chi connectivity index (χ1) is 18.1. The van der Waals surface area contributed by atoms with Gasteiger partial charge in [0.25, 0.3) is 5.91 Å². The van der Waals surface area contributed by atoms with Crippen molar-refractivity contribution in [3.63, 3.8) is 0 Å². The lowest BCUT2D eigenvalue weighted by Crippen LogP contribution is -2.52. The maximum Gasteiger partial charge on any atom is 0.274 e. The Balaban J connectivity index is 2.20. The van der Waals surface area contributed by atoms with E-state index in [4.69, 9.17) is 23.7 Å². The maximum absolute atomic E-state index is 13.8. The molecule has 210 valence electrons. The lowest BCUT2D eigenvalue weighted by atomic mass is 9.83. The highest BCUT2D eigenvalue weighted by atomic mass is 19.1. The van der Waals surface area contributed by atoms with Crippen molar-refractivity contribution in [3.8, 4) is 17.2 Å². The third kappa shape index (κ3) is 8.13. The van der Waals surface area contributed by atoms with Gasteiger partial charge in [-0.1, -0.05) is 19.9 Å². The molecule has 3 atom stereocenters. The molecule has 0 aliphatic rings. The van der Waals surface area contributed by atoms with Crippen LogP contribution in [0.3, 0.4) is 0 Å².